The zero-order valence-corrected chi connectivity index (χ0v) is 17.6. The molecular weight excluding hydrogens is 446 g/mol. The molecular formula is C19H16ClN5O5S. The van der Waals surface area contributed by atoms with Gasteiger partial charge in [-0.1, -0.05) is 11.6 Å². The van der Waals surface area contributed by atoms with Crippen molar-refractivity contribution in [3.63, 3.8) is 0 Å². The number of anilines is 2. The van der Waals surface area contributed by atoms with Crippen molar-refractivity contribution in [2.75, 3.05) is 16.6 Å². The van der Waals surface area contributed by atoms with E-state index in [0.717, 1.165) is 0 Å². The number of carbonyl (C=O) groups is 2. The van der Waals surface area contributed by atoms with E-state index >= 15 is 0 Å². The molecule has 12 heteroatoms. The van der Waals surface area contributed by atoms with Crippen LogP contribution in [0.25, 0.3) is 0 Å². The summed E-state index contributed by atoms with van der Waals surface area (Å²) in [6.45, 7) is 1.17. The van der Waals surface area contributed by atoms with Gasteiger partial charge < -0.3 is 10.1 Å². The molecule has 0 atom stereocenters. The van der Waals surface area contributed by atoms with Crippen LogP contribution in [0.4, 0.5) is 11.6 Å². The van der Waals surface area contributed by atoms with Crippen LogP contribution in [0.2, 0.25) is 5.15 Å². The molecule has 2 aromatic heterocycles. The molecule has 0 bridgehead atoms. The van der Waals surface area contributed by atoms with E-state index in [9.17, 15) is 18.0 Å². The van der Waals surface area contributed by atoms with E-state index in [1.54, 1.807) is 13.0 Å². The number of nitrogens with one attached hydrogen (secondary N) is 2. The average Bonchev–Trinajstić information content (AvgIpc) is 2.72. The molecule has 2 N–H and O–H groups in total. The van der Waals surface area contributed by atoms with Crippen molar-refractivity contribution in [2.24, 2.45) is 0 Å². The molecule has 160 valence electrons. The van der Waals surface area contributed by atoms with Crippen molar-refractivity contribution in [1.29, 1.82) is 0 Å². The fourth-order valence-electron chi connectivity index (χ4n) is 2.34. The lowest BCUT2D eigenvalue weighted by atomic mass is 10.3. The van der Waals surface area contributed by atoms with Gasteiger partial charge in [-0.15, -0.1) is 0 Å². The molecule has 0 unspecified atom stereocenters. The van der Waals surface area contributed by atoms with Crippen LogP contribution < -0.4 is 10.0 Å². The van der Waals surface area contributed by atoms with Crippen molar-refractivity contribution >= 4 is 45.1 Å². The highest BCUT2D eigenvalue weighted by Crippen LogP contribution is 2.17. The molecule has 0 saturated heterocycles. The van der Waals surface area contributed by atoms with Gasteiger partial charge in [0.15, 0.2) is 6.61 Å². The topological polar surface area (TPSA) is 140 Å². The smallest absolute Gasteiger partial charge is 0.338 e. The highest BCUT2D eigenvalue weighted by atomic mass is 35.5. The molecule has 3 rings (SSSR count). The zero-order chi connectivity index (χ0) is 22.4. The number of hydrogen-bond donors (Lipinski definition) is 2. The van der Waals surface area contributed by atoms with Crippen LogP contribution >= 0.6 is 11.6 Å². The molecule has 0 aliphatic heterocycles. The predicted octanol–water partition coefficient (Wildman–Crippen LogP) is 2.43. The van der Waals surface area contributed by atoms with E-state index in [4.69, 9.17) is 16.3 Å². The molecule has 0 saturated carbocycles. The van der Waals surface area contributed by atoms with Gasteiger partial charge in [-0.05, 0) is 49.4 Å². The maximum atomic E-state index is 12.4. The summed E-state index contributed by atoms with van der Waals surface area (Å²) in [4.78, 5) is 35.5. The van der Waals surface area contributed by atoms with Crippen LogP contribution in [0.15, 0.2) is 59.8 Å². The fraction of sp³-hybridized carbons (Fsp3) is 0.105. The molecule has 0 spiro atoms. The summed E-state index contributed by atoms with van der Waals surface area (Å²) >= 11 is 5.70. The Morgan fingerprint density at radius 1 is 1.06 bits per heavy atom. The quantitative estimate of drug-likeness (QED) is 0.403. The van der Waals surface area contributed by atoms with Crippen LogP contribution in [0.5, 0.6) is 0 Å². The Morgan fingerprint density at radius 3 is 2.45 bits per heavy atom. The number of sulfonamides is 1. The second kappa shape index (κ2) is 9.49. The number of aryl methyl sites for hydroxylation is 1. The molecule has 31 heavy (non-hydrogen) atoms. The summed E-state index contributed by atoms with van der Waals surface area (Å²) in [5.74, 6) is -1.38. The number of esters is 1. The lowest BCUT2D eigenvalue weighted by Gasteiger charge is -2.09. The van der Waals surface area contributed by atoms with Gasteiger partial charge in [0, 0.05) is 23.8 Å². The van der Waals surface area contributed by atoms with E-state index in [0.29, 0.717) is 11.4 Å². The number of hydrogen-bond acceptors (Lipinski definition) is 8. The number of aromatic nitrogens is 3. The zero-order valence-electron chi connectivity index (χ0n) is 16.1. The van der Waals surface area contributed by atoms with E-state index in [1.807, 2.05) is 0 Å². The molecule has 0 fully saturated rings. The summed E-state index contributed by atoms with van der Waals surface area (Å²) in [7, 11) is -3.90. The van der Waals surface area contributed by atoms with Gasteiger partial charge in [0.2, 0.25) is 5.95 Å². The van der Waals surface area contributed by atoms with E-state index in [-0.39, 0.29) is 21.6 Å². The number of carbonyl (C=O) groups excluding carboxylic acids is 2. The van der Waals surface area contributed by atoms with Crippen LogP contribution in [0.1, 0.15) is 16.1 Å². The Hall–Kier alpha value is -3.57. The van der Waals surface area contributed by atoms with Crippen LogP contribution in [0.3, 0.4) is 0 Å². The third-order valence-corrected chi connectivity index (χ3v) is 5.32. The van der Waals surface area contributed by atoms with Gasteiger partial charge in [0.25, 0.3) is 15.9 Å². The van der Waals surface area contributed by atoms with Gasteiger partial charge in [-0.25, -0.2) is 32.9 Å². The third kappa shape index (κ3) is 6.20. The molecule has 10 nitrogen and oxygen atoms in total. The van der Waals surface area contributed by atoms with Crippen molar-refractivity contribution in [2.45, 2.75) is 11.8 Å². The number of benzene rings is 1. The maximum Gasteiger partial charge on any atom is 0.338 e. The van der Waals surface area contributed by atoms with E-state index in [2.05, 4.69) is 25.0 Å². The summed E-state index contributed by atoms with van der Waals surface area (Å²) in [6.07, 6.45) is 2.78. The minimum absolute atomic E-state index is 0.0448. The number of pyridine rings is 1. The Bertz CT molecular complexity index is 1220. The lowest BCUT2D eigenvalue weighted by molar-refractivity contribution is -0.119. The molecule has 0 radical (unpaired) electrons. The largest absolute Gasteiger partial charge is 0.452 e. The van der Waals surface area contributed by atoms with Crippen molar-refractivity contribution in [3.05, 3.63) is 71.3 Å². The van der Waals surface area contributed by atoms with Crippen molar-refractivity contribution < 1.29 is 22.7 Å². The first-order valence-corrected chi connectivity index (χ1v) is 10.6. The molecule has 2 heterocycles. The number of ether oxygens (including phenoxy) is 1. The van der Waals surface area contributed by atoms with E-state index < -0.39 is 28.5 Å². The van der Waals surface area contributed by atoms with E-state index in [1.165, 1.54) is 48.8 Å². The monoisotopic (exact) mass is 461 g/mol. The normalized spacial score (nSPS) is 10.9. The first-order valence-electron chi connectivity index (χ1n) is 8.74. The predicted molar refractivity (Wildman–Crippen MR) is 112 cm³/mol. The number of amides is 1. The third-order valence-electron chi connectivity index (χ3n) is 3.77. The van der Waals surface area contributed by atoms with Crippen LogP contribution in [-0.2, 0) is 19.6 Å². The first kappa shape index (κ1) is 22.1. The number of nitrogens with zero attached hydrogens (tertiary/aromatic N) is 3. The van der Waals surface area contributed by atoms with Gasteiger partial charge >= 0.3 is 5.97 Å². The Morgan fingerprint density at radius 2 is 1.77 bits per heavy atom. The Kier molecular flexibility index (Phi) is 6.78. The molecule has 0 aliphatic rings. The van der Waals surface area contributed by atoms with Crippen molar-refractivity contribution in [1.82, 2.24) is 15.0 Å². The minimum Gasteiger partial charge on any atom is -0.452 e. The number of halogens is 1. The Labute approximate surface area is 182 Å². The van der Waals surface area contributed by atoms with Gasteiger partial charge in [-0.2, -0.15) is 0 Å². The highest BCUT2D eigenvalue weighted by Gasteiger charge is 2.16. The van der Waals surface area contributed by atoms with Crippen LogP contribution in [0, 0.1) is 6.92 Å². The lowest BCUT2D eigenvalue weighted by Crippen LogP contribution is -2.21. The van der Waals surface area contributed by atoms with Gasteiger partial charge in [0.1, 0.15) is 5.15 Å². The van der Waals surface area contributed by atoms with Crippen LogP contribution in [-0.4, -0.2) is 41.9 Å². The molecule has 3 aromatic rings. The SMILES string of the molecule is Cc1ccnc(NS(=O)(=O)c2ccc(NC(=O)COC(=O)c3ccnc(Cl)c3)cc2)n1. The summed E-state index contributed by atoms with van der Waals surface area (Å²) in [5.41, 5.74) is 1.09. The molecule has 1 aromatic carbocycles. The summed E-state index contributed by atoms with van der Waals surface area (Å²) < 4.78 is 32.1. The molecule has 0 aliphatic carbocycles. The second-order valence-electron chi connectivity index (χ2n) is 6.14. The second-order valence-corrected chi connectivity index (χ2v) is 8.21. The summed E-state index contributed by atoms with van der Waals surface area (Å²) in [6, 6.07) is 9.76. The standard InChI is InChI=1S/C19H16ClN5O5S/c1-12-6-8-22-19(23-12)25-31(28,29)15-4-2-14(3-5-15)24-17(26)11-30-18(27)13-7-9-21-16(20)10-13/h2-10H,11H2,1H3,(H,24,26)(H,22,23,25). The molecule has 1 amide bonds. The van der Waals surface area contributed by atoms with Gasteiger partial charge in [0.05, 0.1) is 10.5 Å². The first-order chi connectivity index (χ1) is 14.7. The fourth-order valence-corrected chi connectivity index (χ4v) is 3.46. The highest BCUT2D eigenvalue weighted by molar-refractivity contribution is 7.92. The summed E-state index contributed by atoms with van der Waals surface area (Å²) in [5, 5.41) is 2.62. The van der Waals surface area contributed by atoms with Gasteiger partial charge in [-0.3, -0.25) is 4.79 Å². The minimum atomic E-state index is -3.90. The average molecular weight is 462 g/mol. The van der Waals surface area contributed by atoms with Crippen molar-refractivity contribution in [3.8, 4) is 0 Å². The maximum absolute atomic E-state index is 12.4. The Balaban J connectivity index is 1.57. The number of rotatable bonds is 7.